The lowest BCUT2D eigenvalue weighted by molar-refractivity contribution is -0.384. The second-order valence-electron chi connectivity index (χ2n) is 5.97. The van der Waals surface area contributed by atoms with Gasteiger partial charge in [0.05, 0.1) is 11.1 Å². The number of hydrogen-bond donors (Lipinski definition) is 1. The highest BCUT2D eigenvalue weighted by molar-refractivity contribution is 5.89. The maximum atomic E-state index is 11.1. The summed E-state index contributed by atoms with van der Waals surface area (Å²) in [5.41, 5.74) is 3.56. The second-order valence-corrected chi connectivity index (χ2v) is 5.97. The van der Waals surface area contributed by atoms with Gasteiger partial charge in [-0.05, 0) is 35.2 Å². The maximum absolute atomic E-state index is 11.1. The summed E-state index contributed by atoms with van der Waals surface area (Å²) in [6.45, 7) is 0. The first-order chi connectivity index (χ1) is 13.1. The van der Waals surface area contributed by atoms with Crippen LogP contribution in [0.25, 0.3) is 11.1 Å². The van der Waals surface area contributed by atoms with E-state index in [1.807, 2.05) is 42.5 Å². The Morgan fingerprint density at radius 1 is 1.07 bits per heavy atom. The van der Waals surface area contributed by atoms with Crippen molar-refractivity contribution >= 4 is 11.9 Å². The lowest BCUT2D eigenvalue weighted by atomic mass is 9.95. The molecule has 0 atom stereocenters. The molecule has 136 valence electrons. The van der Waals surface area contributed by atoms with E-state index in [1.165, 1.54) is 25.5 Å². The van der Waals surface area contributed by atoms with Crippen LogP contribution in [0.4, 0.5) is 5.69 Å². The summed E-state index contributed by atoms with van der Waals surface area (Å²) in [5, 5.41) is 25.5. The smallest absolute Gasteiger partial charge is 0.270 e. The van der Waals surface area contributed by atoms with Crippen molar-refractivity contribution in [1.82, 2.24) is 0 Å². The van der Waals surface area contributed by atoms with Gasteiger partial charge in [0.1, 0.15) is 12.9 Å². The van der Waals surface area contributed by atoms with Crippen LogP contribution in [-0.4, -0.2) is 23.4 Å². The zero-order valence-electron chi connectivity index (χ0n) is 14.7. The Morgan fingerprint density at radius 3 is 2.56 bits per heavy atom. The van der Waals surface area contributed by atoms with Gasteiger partial charge in [-0.25, -0.2) is 0 Å². The van der Waals surface area contributed by atoms with E-state index < -0.39 is 4.92 Å². The second kappa shape index (κ2) is 8.14. The Labute approximate surface area is 156 Å². The van der Waals surface area contributed by atoms with Gasteiger partial charge in [-0.15, -0.1) is 0 Å². The normalized spacial score (nSPS) is 10.9. The van der Waals surface area contributed by atoms with Crippen LogP contribution in [0, 0.1) is 10.1 Å². The number of non-ortho nitro benzene ring substituents is 1. The Kier molecular flexibility index (Phi) is 5.47. The van der Waals surface area contributed by atoms with Crippen LogP contribution in [-0.2, 0) is 11.3 Å². The molecule has 0 amide bonds. The summed E-state index contributed by atoms with van der Waals surface area (Å²) < 4.78 is 0. The van der Waals surface area contributed by atoms with Crippen LogP contribution in [0.1, 0.15) is 16.7 Å². The first kappa shape index (κ1) is 18.1. The van der Waals surface area contributed by atoms with Crippen molar-refractivity contribution < 1.29 is 14.9 Å². The van der Waals surface area contributed by atoms with Crippen LogP contribution in [0.2, 0.25) is 0 Å². The van der Waals surface area contributed by atoms with Gasteiger partial charge in [0.2, 0.25) is 0 Å². The van der Waals surface area contributed by atoms with Crippen molar-refractivity contribution in [3.05, 3.63) is 93.5 Å². The van der Waals surface area contributed by atoms with E-state index in [0.29, 0.717) is 23.1 Å². The van der Waals surface area contributed by atoms with Crippen LogP contribution in [0.15, 0.2) is 71.9 Å². The number of nitrogens with zero attached hydrogens (tertiary/aromatic N) is 2. The first-order valence-corrected chi connectivity index (χ1v) is 8.29. The van der Waals surface area contributed by atoms with Crippen LogP contribution in [0.3, 0.4) is 0 Å². The van der Waals surface area contributed by atoms with Gasteiger partial charge in [0.25, 0.3) is 5.69 Å². The SMILES string of the molecule is CON=Cc1cc(Cc2ccccc2)cc(-c2cccc([N+](=O)[O-])c2)c1O. The fraction of sp³-hybridized carbons (Fsp3) is 0.0952. The maximum Gasteiger partial charge on any atom is 0.270 e. The molecular weight excluding hydrogens is 344 g/mol. The molecule has 1 N–H and O–H groups in total. The monoisotopic (exact) mass is 362 g/mol. The lowest BCUT2D eigenvalue weighted by Gasteiger charge is -2.12. The predicted molar refractivity (Wildman–Crippen MR) is 104 cm³/mol. The average molecular weight is 362 g/mol. The molecule has 6 nitrogen and oxygen atoms in total. The number of nitro benzene ring substituents is 1. The molecule has 0 aliphatic rings. The standard InChI is InChI=1S/C21H18N2O4/c1-27-22-14-18-11-16(10-15-6-3-2-4-7-15)12-20(21(18)24)17-8-5-9-19(13-17)23(25)26/h2-9,11-14,24H,10H2,1H3. The Balaban J connectivity index is 2.11. The van der Waals surface area contributed by atoms with Crippen LogP contribution in [0.5, 0.6) is 5.75 Å². The molecule has 3 aromatic carbocycles. The van der Waals surface area contributed by atoms with Gasteiger partial charge in [-0.1, -0.05) is 47.6 Å². The molecule has 27 heavy (non-hydrogen) atoms. The number of nitro groups is 1. The van der Waals surface area contributed by atoms with E-state index in [-0.39, 0.29) is 11.4 Å². The summed E-state index contributed by atoms with van der Waals surface area (Å²) in [6, 6.07) is 19.8. The Hall–Kier alpha value is -3.67. The molecule has 0 unspecified atom stereocenters. The molecule has 0 aliphatic carbocycles. The molecule has 0 spiro atoms. The number of phenols is 1. The van der Waals surface area contributed by atoms with Crippen molar-refractivity contribution in [2.75, 3.05) is 7.11 Å². The molecule has 0 heterocycles. The molecule has 0 saturated heterocycles. The molecule has 0 fully saturated rings. The molecule has 3 rings (SSSR count). The third-order valence-electron chi connectivity index (χ3n) is 4.12. The molecule has 0 saturated carbocycles. The van der Waals surface area contributed by atoms with Gasteiger partial charge in [-0.2, -0.15) is 0 Å². The zero-order valence-corrected chi connectivity index (χ0v) is 14.7. The summed E-state index contributed by atoms with van der Waals surface area (Å²) in [4.78, 5) is 15.4. The third-order valence-corrected chi connectivity index (χ3v) is 4.12. The average Bonchev–Trinajstić information content (AvgIpc) is 2.69. The van der Waals surface area contributed by atoms with E-state index in [4.69, 9.17) is 4.84 Å². The van der Waals surface area contributed by atoms with Gasteiger partial charge in [0.15, 0.2) is 0 Å². The number of rotatable bonds is 6. The molecule has 0 bridgehead atoms. The molecule has 6 heteroatoms. The highest BCUT2D eigenvalue weighted by Gasteiger charge is 2.14. The first-order valence-electron chi connectivity index (χ1n) is 8.29. The highest BCUT2D eigenvalue weighted by Crippen LogP contribution is 2.35. The largest absolute Gasteiger partial charge is 0.507 e. The van der Waals surface area contributed by atoms with Crippen LogP contribution < -0.4 is 0 Å². The minimum atomic E-state index is -0.457. The van der Waals surface area contributed by atoms with Gasteiger partial charge in [-0.3, -0.25) is 10.1 Å². The number of phenolic OH excluding ortho intramolecular Hbond substituents is 1. The third kappa shape index (κ3) is 4.30. The van der Waals surface area contributed by atoms with E-state index in [9.17, 15) is 15.2 Å². The fourth-order valence-corrected chi connectivity index (χ4v) is 2.87. The van der Waals surface area contributed by atoms with E-state index in [0.717, 1.165) is 11.1 Å². The summed E-state index contributed by atoms with van der Waals surface area (Å²) in [7, 11) is 1.42. The summed E-state index contributed by atoms with van der Waals surface area (Å²) >= 11 is 0. The van der Waals surface area contributed by atoms with Crippen molar-refractivity contribution in [3.8, 4) is 16.9 Å². The zero-order chi connectivity index (χ0) is 19.2. The molecule has 3 aromatic rings. The Morgan fingerprint density at radius 2 is 1.85 bits per heavy atom. The molecular formula is C21H18N2O4. The Bertz CT molecular complexity index is 985. The van der Waals surface area contributed by atoms with Crippen molar-refractivity contribution in [2.45, 2.75) is 6.42 Å². The number of aromatic hydroxyl groups is 1. The van der Waals surface area contributed by atoms with Gasteiger partial charge >= 0.3 is 0 Å². The fourth-order valence-electron chi connectivity index (χ4n) is 2.87. The summed E-state index contributed by atoms with van der Waals surface area (Å²) in [6.07, 6.45) is 2.07. The molecule has 0 aliphatic heterocycles. The molecule has 0 radical (unpaired) electrons. The van der Waals surface area contributed by atoms with Crippen molar-refractivity contribution in [2.24, 2.45) is 5.16 Å². The topological polar surface area (TPSA) is 85.0 Å². The van der Waals surface area contributed by atoms with E-state index in [1.54, 1.807) is 12.1 Å². The van der Waals surface area contributed by atoms with Gasteiger partial charge in [0, 0.05) is 23.3 Å². The van der Waals surface area contributed by atoms with Crippen LogP contribution >= 0.6 is 0 Å². The predicted octanol–water partition coefficient (Wildman–Crippen LogP) is 4.54. The lowest BCUT2D eigenvalue weighted by Crippen LogP contribution is -1.95. The highest BCUT2D eigenvalue weighted by atomic mass is 16.6. The van der Waals surface area contributed by atoms with Crippen molar-refractivity contribution in [1.29, 1.82) is 0 Å². The summed E-state index contributed by atoms with van der Waals surface area (Å²) in [5.74, 6) is -0.00638. The quantitative estimate of drug-likeness (QED) is 0.396. The number of oxime groups is 1. The van der Waals surface area contributed by atoms with Gasteiger partial charge < -0.3 is 9.94 Å². The number of benzene rings is 3. The van der Waals surface area contributed by atoms with E-state index >= 15 is 0 Å². The minimum absolute atomic E-state index is 0.00638. The minimum Gasteiger partial charge on any atom is -0.507 e. The number of hydrogen-bond acceptors (Lipinski definition) is 5. The van der Waals surface area contributed by atoms with Crippen molar-refractivity contribution in [3.63, 3.8) is 0 Å². The molecule has 0 aromatic heterocycles. The van der Waals surface area contributed by atoms with E-state index in [2.05, 4.69) is 5.16 Å².